The highest BCUT2D eigenvalue weighted by molar-refractivity contribution is 5.83. The Bertz CT molecular complexity index is 447. The van der Waals surface area contributed by atoms with Crippen LogP contribution in [0.15, 0.2) is 30.3 Å². The maximum Gasteiger partial charge on any atom is 0.327 e. The molecule has 0 saturated carbocycles. The van der Waals surface area contributed by atoms with Gasteiger partial charge in [0.1, 0.15) is 5.54 Å². The predicted octanol–water partition coefficient (Wildman–Crippen LogP) is 1.93. The molecule has 0 spiro atoms. The number of methoxy groups -OCH3 is 1. The fraction of sp³-hybridized carbons (Fsp3) is 0.400. The van der Waals surface area contributed by atoms with E-state index < -0.39 is 17.4 Å². The van der Waals surface area contributed by atoms with E-state index in [1.54, 1.807) is 0 Å². The summed E-state index contributed by atoms with van der Waals surface area (Å²) < 4.78 is 4.82. The van der Waals surface area contributed by atoms with Crippen LogP contribution < -0.4 is 5.73 Å². The molecule has 0 heterocycles. The number of rotatable bonds is 4. The topological polar surface area (TPSA) is 52.3 Å². The Morgan fingerprint density at radius 2 is 1.94 bits per heavy atom. The van der Waals surface area contributed by atoms with Gasteiger partial charge in [-0.1, -0.05) is 50.1 Å². The van der Waals surface area contributed by atoms with Crippen LogP contribution in [0.4, 0.5) is 0 Å². The fourth-order valence-electron chi connectivity index (χ4n) is 2.02. The van der Waals surface area contributed by atoms with Crippen molar-refractivity contribution >= 4 is 5.97 Å². The summed E-state index contributed by atoms with van der Waals surface area (Å²) in [6.45, 7) is 3.73. The molecule has 2 N–H and O–H groups in total. The largest absolute Gasteiger partial charge is 0.468 e. The number of esters is 1. The zero-order valence-corrected chi connectivity index (χ0v) is 11.0. The van der Waals surface area contributed by atoms with Crippen molar-refractivity contribution in [2.24, 2.45) is 11.7 Å². The molecule has 0 bridgehead atoms. The molecular weight excluding hydrogens is 226 g/mol. The summed E-state index contributed by atoms with van der Waals surface area (Å²) in [4.78, 5) is 12.0. The molecule has 96 valence electrons. The van der Waals surface area contributed by atoms with Gasteiger partial charge >= 0.3 is 5.97 Å². The maximum atomic E-state index is 12.0. The Kier molecular flexibility index (Phi) is 4.52. The minimum Gasteiger partial charge on any atom is -0.468 e. The van der Waals surface area contributed by atoms with Crippen molar-refractivity contribution in [3.05, 3.63) is 35.9 Å². The van der Waals surface area contributed by atoms with Gasteiger partial charge in [0.2, 0.25) is 0 Å². The normalized spacial score (nSPS) is 15.6. The van der Waals surface area contributed by atoms with Crippen molar-refractivity contribution in [1.29, 1.82) is 0 Å². The number of benzene rings is 1. The monoisotopic (exact) mass is 245 g/mol. The minimum atomic E-state index is -1.22. The molecule has 1 unspecified atom stereocenters. The van der Waals surface area contributed by atoms with Crippen molar-refractivity contribution in [3.63, 3.8) is 0 Å². The lowest BCUT2D eigenvalue weighted by atomic mass is 9.73. The summed E-state index contributed by atoms with van der Waals surface area (Å²) >= 11 is 0. The van der Waals surface area contributed by atoms with E-state index in [2.05, 4.69) is 5.92 Å². The molecule has 2 atom stereocenters. The van der Waals surface area contributed by atoms with Crippen molar-refractivity contribution < 1.29 is 9.53 Å². The molecule has 18 heavy (non-hydrogen) atoms. The zero-order valence-electron chi connectivity index (χ0n) is 11.0. The first-order valence-corrected chi connectivity index (χ1v) is 5.86. The molecule has 3 nitrogen and oxygen atoms in total. The van der Waals surface area contributed by atoms with Crippen LogP contribution in [0.25, 0.3) is 0 Å². The second kappa shape index (κ2) is 5.70. The lowest BCUT2D eigenvalue weighted by molar-refractivity contribution is -0.149. The van der Waals surface area contributed by atoms with Crippen LogP contribution in [0.1, 0.15) is 25.3 Å². The van der Waals surface area contributed by atoms with Crippen LogP contribution in [0.2, 0.25) is 0 Å². The Morgan fingerprint density at radius 3 is 2.33 bits per heavy atom. The maximum absolute atomic E-state index is 12.0. The molecule has 0 aliphatic heterocycles. The number of nitrogens with two attached hydrogens (primary N) is 1. The van der Waals surface area contributed by atoms with E-state index in [9.17, 15) is 4.79 Å². The van der Waals surface area contributed by atoms with Gasteiger partial charge in [0, 0.05) is 0 Å². The van der Waals surface area contributed by atoms with Gasteiger partial charge in [-0.3, -0.25) is 0 Å². The van der Waals surface area contributed by atoms with Crippen molar-refractivity contribution in [2.45, 2.75) is 25.3 Å². The second-order valence-electron chi connectivity index (χ2n) is 4.59. The van der Waals surface area contributed by atoms with Crippen LogP contribution in [0.3, 0.4) is 0 Å². The molecule has 0 radical (unpaired) electrons. The first-order valence-electron chi connectivity index (χ1n) is 5.86. The number of terminal acetylenes is 1. The van der Waals surface area contributed by atoms with Gasteiger partial charge in [-0.25, -0.2) is 4.79 Å². The smallest absolute Gasteiger partial charge is 0.327 e. The molecule has 0 amide bonds. The average Bonchev–Trinajstić information content (AvgIpc) is 2.39. The molecule has 1 rings (SSSR count). The van der Waals surface area contributed by atoms with E-state index >= 15 is 0 Å². The summed E-state index contributed by atoms with van der Waals surface area (Å²) in [5, 5.41) is 0. The predicted molar refractivity (Wildman–Crippen MR) is 71.8 cm³/mol. The lowest BCUT2D eigenvalue weighted by Crippen LogP contribution is -2.57. The van der Waals surface area contributed by atoms with Gasteiger partial charge < -0.3 is 10.5 Å². The SMILES string of the molecule is C#CC(c1ccccc1)[C@@](N)(C(=O)OC)C(C)C. The number of ether oxygens (including phenoxy) is 1. The number of carbonyl (C=O) groups excluding carboxylic acids is 1. The van der Waals surface area contributed by atoms with Crippen molar-refractivity contribution in [1.82, 2.24) is 0 Å². The lowest BCUT2D eigenvalue weighted by Gasteiger charge is -2.35. The van der Waals surface area contributed by atoms with Crippen molar-refractivity contribution in [3.8, 4) is 12.3 Å². The third-order valence-corrected chi connectivity index (χ3v) is 3.27. The molecular formula is C15H19NO2. The third kappa shape index (κ3) is 2.39. The Hall–Kier alpha value is -1.79. The molecule has 0 fully saturated rings. The quantitative estimate of drug-likeness (QED) is 0.651. The Balaban J connectivity index is 3.28. The van der Waals surface area contributed by atoms with E-state index in [4.69, 9.17) is 16.9 Å². The molecule has 0 aromatic heterocycles. The van der Waals surface area contributed by atoms with E-state index in [1.807, 2.05) is 44.2 Å². The van der Waals surface area contributed by atoms with Crippen LogP contribution in [0, 0.1) is 18.3 Å². The molecule has 0 aliphatic rings. The molecule has 1 aromatic rings. The molecule has 3 heteroatoms. The summed E-state index contributed by atoms with van der Waals surface area (Å²) in [6, 6.07) is 9.38. The van der Waals surface area contributed by atoms with Gasteiger partial charge in [0.05, 0.1) is 13.0 Å². The van der Waals surface area contributed by atoms with Gasteiger partial charge in [0.25, 0.3) is 0 Å². The Labute approximate surface area is 108 Å². The van der Waals surface area contributed by atoms with Gasteiger partial charge in [-0.05, 0) is 11.5 Å². The highest BCUT2D eigenvalue weighted by Gasteiger charge is 2.46. The van der Waals surface area contributed by atoms with Gasteiger partial charge in [0.15, 0.2) is 0 Å². The van der Waals surface area contributed by atoms with Crippen LogP contribution in [-0.2, 0) is 9.53 Å². The van der Waals surface area contributed by atoms with Crippen LogP contribution in [0.5, 0.6) is 0 Å². The number of hydrogen-bond acceptors (Lipinski definition) is 3. The van der Waals surface area contributed by atoms with E-state index in [0.29, 0.717) is 0 Å². The second-order valence-corrected chi connectivity index (χ2v) is 4.59. The average molecular weight is 245 g/mol. The van der Waals surface area contributed by atoms with Gasteiger partial charge in [-0.2, -0.15) is 0 Å². The summed E-state index contributed by atoms with van der Waals surface area (Å²) in [7, 11) is 1.32. The third-order valence-electron chi connectivity index (χ3n) is 3.27. The van der Waals surface area contributed by atoms with Crippen molar-refractivity contribution in [2.75, 3.05) is 7.11 Å². The molecule has 0 saturated heterocycles. The van der Waals surface area contributed by atoms with Crippen LogP contribution >= 0.6 is 0 Å². The number of hydrogen-bond donors (Lipinski definition) is 1. The van der Waals surface area contributed by atoms with Crippen LogP contribution in [-0.4, -0.2) is 18.6 Å². The summed E-state index contributed by atoms with van der Waals surface area (Å²) in [5.41, 5.74) is 5.90. The highest BCUT2D eigenvalue weighted by Crippen LogP contribution is 2.32. The molecule has 1 aromatic carbocycles. The first kappa shape index (κ1) is 14.3. The fourth-order valence-corrected chi connectivity index (χ4v) is 2.02. The standard InChI is InChI=1S/C15H19NO2/c1-5-13(12-9-7-6-8-10-12)15(16,11(2)3)14(17)18-4/h1,6-11,13H,16H2,2-4H3/t13?,15-/m1/s1. The minimum absolute atomic E-state index is 0.133. The van der Waals surface area contributed by atoms with E-state index in [-0.39, 0.29) is 5.92 Å². The highest BCUT2D eigenvalue weighted by atomic mass is 16.5. The Morgan fingerprint density at radius 1 is 1.39 bits per heavy atom. The molecule has 0 aliphatic carbocycles. The van der Waals surface area contributed by atoms with E-state index in [1.165, 1.54) is 7.11 Å². The number of carbonyl (C=O) groups is 1. The summed E-state index contributed by atoms with van der Waals surface area (Å²) in [6.07, 6.45) is 5.58. The zero-order chi connectivity index (χ0) is 13.8. The van der Waals surface area contributed by atoms with Gasteiger partial charge in [-0.15, -0.1) is 6.42 Å². The first-order chi connectivity index (χ1) is 8.48. The summed E-state index contributed by atoms with van der Waals surface area (Å²) in [5.74, 6) is 1.51. The van der Waals surface area contributed by atoms with E-state index in [0.717, 1.165) is 5.56 Å².